The van der Waals surface area contributed by atoms with Gasteiger partial charge in [0.2, 0.25) is 5.91 Å². The van der Waals surface area contributed by atoms with E-state index in [1.54, 1.807) is 30.3 Å². The summed E-state index contributed by atoms with van der Waals surface area (Å²) >= 11 is 5.95. The van der Waals surface area contributed by atoms with E-state index in [9.17, 15) is 19.1 Å². The number of rotatable bonds is 5. The minimum atomic E-state index is -1.22. The van der Waals surface area contributed by atoms with E-state index in [0.29, 0.717) is 11.4 Å². The summed E-state index contributed by atoms with van der Waals surface area (Å²) < 4.78 is 19.2. The van der Waals surface area contributed by atoms with Crippen molar-refractivity contribution in [1.82, 2.24) is 0 Å². The molecule has 0 N–H and O–H groups in total. The summed E-state index contributed by atoms with van der Waals surface area (Å²) in [6.45, 7) is 0.0620. The number of carboxylic acid groups (broad SMARTS) is 1. The second-order valence-corrected chi connectivity index (χ2v) is 6.11. The van der Waals surface area contributed by atoms with Crippen molar-refractivity contribution in [3.63, 3.8) is 0 Å². The second-order valence-electron chi connectivity index (χ2n) is 5.71. The number of ether oxygens (including phenoxy) is 1. The maximum Gasteiger partial charge on any atom is 0.227 e. The standard InChI is InChI=1S/C18H15ClFNO4/c19-15-2-1-3-16(20)14(15)10-25-13-6-4-12(5-7-13)21-9-11(18(23)24)8-17(21)22/h1-7,11H,8-10H2,(H,23,24)/p-1/t11-/m0/s1. The van der Waals surface area contributed by atoms with E-state index < -0.39 is 17.7 Å². The predicted molar refractivity (Wildman–Crippen MR) is 87.7 cm³/mol. The van der Waals surface area contributed by atoms with Crippen LogP contribution >= 0.6 is 11.6 Å². The molecule has 5 nitrogen and oxygen atoms in total. The summed E-state index contributed by atoms with van der Waals surface area (Å²) in [5, 5.41) is 11.2. The molecule has 2 aromatic rings. The first kappa shape index (κ1) is 17.2. The minimum absolute atomic E-state index is 0.0275. The van der Waals surface area contributed by atoms with Gasteiger partial charge in [-0.2, -0.15) is 0 Å². The number of nitrogens with zero attached hydrogens (tertiary/aromatic N) is 1. The number of anilines is 1. The average Bonchev–Trinajstić information content (AvgIpc) is 2.97. The highest BCUT2D eigenvalue weighted by molar-refractivity contribution is 6.31. The van der Waals surface area contributed by atoms with Crippen LogP contribution in [0.2, 0.25) is 5.02 Å². The van der Waals surface area contributed by atoms with Crippen LogP contribution in [0.5, 0.6) is 5.75 Å². The molecule has 1 saturated heterocycles. The Bertz CT molecular complexity index is 789. The van der Waals surface area contributed by atoms with Crippen molar-refractivity contribution in [3.8, 4) is 5.75 Å². The quantitative estimate of drug-likeness (QED) is 0.817. The molecule has 1 amide bonds. The zero-order chi connectivity index (χ0) is 18.0. The normalized spacial score (nSPS) is 17.0. The number of carboxylic acids is 1. The number of hydrogen-bond donors (Lipinski definition) is 0. The zero-order valence-electron chi connectivity index (χ0n) is 13.1. The fraction of sp³-hybridized carbons (Fsp3) is 0.222. The Morgan fingerprint density at radius 1 is 1.28 bits per heavy atom. The van der Waals surface area contributed by atoms with Crippen molar-refractivity contribution in [1.29, 1.82) is 0 Å². The summed E-state index contributed by atoms with van der Waals surface area (Å²) in [6, 6.07) is 11.0. The second kappa shape index (κ2) is 7.11. The van der Waals surface area contributed by atoms with Crippen LogP contribution in [-0.2, 0) is 16.2 Å². The molecule has 25 heavy (non-hydrogen) atoms. The summed E-state index contributed by atoms with van der Waals surface area (Å²) in [5.74, 6) is -2.25. The molecule has 1 atom stereocenters. The van der Waals surface area contributed by atoms with Crippen molar-refractivity contribution in [2.45, 2.75) is 13.0 Å². The lowest BCUT2D eigenvalue weighted by atomic mass is 10.1. The fourth-order valence-electron chi connectivity index (χ4n) is 2.66. The molecule has 1 heterocycles. The van der Waals surface area contributed by atoms with Crippen molar-refractivity contribution in [3.05, 3.63) is 58.9 Å². The third kappa shape index (κ3) is 3.74. The van der Waals surface area contributed by atoms with Gasteiger partial charge < -0.3 is 19.5 Å². The van der Waals surface area contributed by atoms with Gasteiger partial charge in [0, 0.05) is 36.1 Å². The third-order valence-corrected chi connectivity index (χ3v) is 4.41. The molecule has 1 aliphatic heterocycles. The van der Waals surface area contributed by atoms with Gasteiger partial charge >= 0.3 is 0 Å². The minimum Gasteiger partial charge on any atom is -0.550 e. The van der Waals surface area contributed by atoms with Gasteiger partial charge in [-0.15, -0.1) is 0 Å². The Balaban J connectivity index is 1.67. The van der Waals surface area contributed by atoms with Crippen LogP contribution in [0.4, 0.5) is 10.1 Å². The molecule has 1 aliphatic rings. The summed E-state index contributed by atoms with van der Waals surface area (Å²) in [4.78, 5) is 24.2. The Morgan fingerprint density at radius 2 is 2.00 bits per heavy atom. The molecular weight excluding hydrogens is 349 g/mol. The first-order valence-electron chi connectivity index (χ1n) is 7.62. The van der Waals surface area contributed by atoms with Crippen molar-refractivity contribution < 1.29 is 23.8 Å². The van der Waals surface area contributed by atoms with Crippen LogP contribution in [0, 0.1) is 11.7 Å². The number of benzene rings is 2. The van der Waals surface area contributed by atoms with Crippen LogP contribution in [0.1, 0.15) is 12.0 Å². The van der Waals surface area contributed by atoms with Gasteiger partial charge in [-0.25, -0.2) is 4.39 Å². The molecular formula is C18H14ClFNO4-. The Kier molecular flexibility index (Phi) is 4.90. The largest absolute Gasteiger partial charge is 0.550 e. The highest BCUT2D eigenvalue weighted by Crippen LogP contribution is 2.27. The van der Waals surface area contributed by atoms with E-state index in [-0.39, 0.29) is 36.1 Å². The highest BCUT2D eigenvalue weighted by Gasteiger charge is 2.31. The number of carbonyl (C=O) groups excluding carboxylic acids is 2. The van der Waals surface area contributed by atoms with Gasteiger partial charge in [0.1, 0.15) is 18.2 Å². The molecule has 1 fully saturated rings. The average molecular weight is 363 g/mol. The summed E-state index contributed by atoms with van der Waals surface area (Å²) in [6.07, 6.45) is -0.0631. The van der Waals surface area contributed by atoms with E-state index in [2.05, 4.69) is 0 Å². The molecule has 0 bridgehead atoms. The first-order chi connectivity index (χ1) is 12.0. The topological polar surface area (TPSA) is 69.7 Å². The zero-order valence-corrected chi connectivity index (χ0v) is 13.8. The maximum absolute atomic E-state index is 13.7. The molecule has 0 spiro atoms. The van der Waals surface area contributed by atoms with Crippen LogP contribution < -0.4 is 14.7 Å². The van der Waals surface area contributed by atoms with E-state index in [1.807, 2.05) is 0 Å². The number of halogens is 2. The number of hydrogen-bond acceptors (Lipinski definition) is 4. The predicted octanol–water partition coefficient (Wildman–Crippen LogP) is 2.16. The van der Waals surface area contributed by atoms with E-state index in [0.717, 1.165) is 0 Å². The molecule has 0 radical (unpaired) electrons. The number of aliphatic carboxylic acids is 1. The van der Waals surface area contributed by atoms with Crippen molar-refractivity contribution >= 4 is 29.2 Å². The monoisotopic (exact) mass is 362 g/mol. The van der Waals surface area contributed by atoms with Gasteiger partial charge in [0.05, 0.1) is 5.02 Å². The number of carbonyl (C=O) groups is 2. The summed E-state index contributed by atoms with van der Waals surface area (Å²) in [5.41, 5.74) is 0.838. The van der Waals surface area contributed by atoms with Crippen molar-refractivity contribution in [2.24, 2.45) is 5.92 Å². The summed E-state index contributed by atoms with van der Waals surface area (Å²) in [7, 11) is 0. The Morgan fingerprint density at radius 3 is 2.60 bits per heavy atom. The lowest BCUT2D eigenvalue weighted by Gasteiger charge is -2.17. The molecule has 0 aromatic heterocycles. The maximum atomic E-state index is 13.7. The van der Waals surface area contributed by atoms with Gasteiger partial charge in [-0.05, 0) is 36.4 Å². The van der Waals surface area contributed by atoms with Gasteiger partial charge in [-0.1, -0.05) is 17.7 Å². The highest BCUT2D eigenvalue weighted by atomic mass is 35.5. The number of amides is 1. The van der Waals surface area contributed by atoms with Crippen LogP contribution in [0.15, 0.2) is 42.5 Å². The van der Waals surface area contributed by atoms with Crippen molar-refractivity contribution in [2.75, 3.05) is 11.4 Å². The molecule has 7 heteroatoms. The molecule has 2 aromatic carbocycles. The van der Waals surface area contributed by atoms with Crippen LogP contribution in [-0.4, -0.2) is 18.4 Å². The van der Waals surface area contributed by atoms with E-state index >= 15 is 0 Å². The Hall–Kier alpha value is -2.60. The Labute approximate surface area is 148 Å². The van der Waals surface area contributed by atoms with E-state index in [4.69, 9.17) is 16.3 Å². The SMILES string of the molecule is O=C([O-])[C@H]1CC(=O)N(c2ccc(OCc3c(F)cccc3Cl)cc2)C1. The smallest absolute Gasteiger partial charge is 0.227 e. The van der Waals surface area contributed by atoms with Crippen LogP contribution in [0.25, 0.3) is 0 Å². The first-order valence-corrected chi connectivity index (χ1v) is 8.00. The van der Waals surface area contributed by atoms with E-state index in [1.165, 1.54) is 17.0 Å². The fourth-order valence-corrected chi connectivity index (χ4v) is 2.88. The third-order valence-electron chi connectivity index (χ3n) is 4.05. The van der Waals surface area contributed by atoms with Crippen LogP contribution in [0.3, 0.4) is 0 Å². The molecule has 130 valence electrons. The molecule has 0 saturated carbocycles. The van der Waals surface area contributed by atoms with Gasteiger partial charge in [-0.3, -0.25) is 4.79 Å². The molecule has 3 rings (SSSR count). The molecule has 0 aliphatic carbocycles. The van der Waals surface area contributed by atoms with Gasteiger partial charge in [0.15, 0.2) is 0 Å². The lowest BCUT2D eigenvalue weighted by molar-refractivity contribution is -0.310. The molecule has 0 unspecified atom stereocenters. The van der Waals surface area contributed by atoms with Gasteiger partial charge in [0.25, 0.3) is 0 Å². The lowest BCUT2D eigenvalue weighted by Crippen LogP contribution is -2.33.